The van der Waals surface area contributed by atoms with Crippen LogP contribution >= 0.6 is 22.9 Å². The molecule has 0 saturated carbocycles. The normalized spacial score (nSPS) is 10.8. The van der Waals surface area contributed by atoms with Gasteiger partial charge in [-0.3, -0.25) is 9.69 Å². The van der Waals surface area contributed by atoms with Crippen molar-refractivity contribution in [1.82, 2.24) is 14.8 Å². The van der Waals surface area contributed by atoms with Gasteiger partial charge in [0, 0.05) is 35.4 Å². The van der Waals surface area contributed by atoms with Crippen molar-refractivity contribution in [2.75, 3.05) is 10.2 Å². The van der Waals surface area contributed by atoms with E-state index >= 15 is 0 Å². The van der Waals surface area contributed by atoms with Crippen LogP contribution in [-0.2, 0) is 11.3 Å². The average Bonchev–Trinajstić information content (AvgIpc) is 3.40. The van der Waals surface area contributed by atoms with Gasteiger partial charge in [-0.1, -0.05) is 23.7 Å². The minimum atomic E-state index is -0.117. The summed E-state index contributed by atoms with van der Waals surface area (Å²) in [7, 11) is 0. The van der Waals surface area contributed by atoms with E-state index in [9.17, 15) is 4.79 Å². The number of anilines is 3. The molecule has 0 fully saturated rings. The third kappa shape index (κ3) is 4.37. The lowest BCUT2D eigenvalue weighted by molar-refractivity contribution is -0.115. The number of carbonyl (C=O) groups is 1. The predicted octanol–water partition coefficient (Wildman–Crippen LogP) is 5.59. The minimum Gasteiger partial charge on any atom is -0.379 e. The monoisotopic (exact) mass is 437 g/mol. The maximum absolute atomic E-state index is 12.3. The average molecular weight is 438 g/mol. The molecule has 0 radical (unpaired) electrons. The zero-order chi connectivity index (χ0) is 21.1. The van der Waals surface area contributed by atoms with Crippen molar-refractivity contribution in [3.05, 3.63) is 82.6 Å². The summed E-state index contributed by atoms with van der Waals surface area (Å²) in [6.45, 7) is 4.11. The Kier molecular flexibility index (Phi) is 5.83. The lowest BCUT2D eigenvalue weighted by atomic mass is 10.2. The summed E-state index contributed by atoms with van der Waals surface area (Å²) in [5.41, 5.74) is 4.68. The number of carbonyl (C=O) groups excluding carboxylic acids is 1. The van der Waals surface area contributed by atoms with Crippen molar-refractivity contribution < 1.29 is 4.79 Å². The molecule has 0 aliphatic carbocycles. The summed E-state index contributed by atoms with van der Waals surface area (Å²) in [5, 5.41) is 10.9. The molecule has 2 heterocycles. The smallest absolute Gasteiger partial charge is 0.230 e. The highest BCUT2D eigenvalue weighted by Crippen LogP contribution is 2.31. The van der Waals surface area contributed by atoms with E-state index in [-0.39, 0.29) is 5.91 Å². The second kappa shape index (κ2) is 8.69. The summed E-state index contributed by atoms with van der Waals surface area (Å²) in [6.07, 6.45) is 3.66. The molecule has 0 atom stereocenters. The molecule has 0 aliphatic rings. The van der Waals surface area contributed by atoms with Crippen LogP contribution in [0.2, 0.25) is 5.02 Å². The highest BCUT2D eigenvalue weighted by Gasteiger charge is 2.18. The van der Waals surface area contributed by atoms with Crippen LogP contribution in [0.15, 0.2) is 66.3 Å². The first-order chi connectivity index (χ1) is 14.5. The van der Waals surface area contributed by atoms with E-state index in [1.807, 2.05) is 40.5 Å². The molecule has 0 saturated heterocycles. The van der Waals surface area contributed by atoms with Gasteiger partial charge in [0.1, 0.15) is 0 Å². The number of aryl methyl sites for hydroxylation is 1. The second-order valence-electron chi connectivity index (χ2n) is 6.76. The van der Waals surface area contributed by atoms with Gasteiger partial charge in [-0.15, -0.1) is 11.3 Å². The first kappa shape index (κ1) is 20.1. The molecule has 152 valence electrons. The van der Waals surface area contributed by atoms with Crippen LogP contribution in [0.5, 0.6) is 0 Å². The Morgan fingerprint density at radius 3 is 2.83 bits per heavy atom. The molecule has 2 aromatic carbocycles. The second-order valence-corrected chi connectivity index (χ2v) is 8.03. The van der Waals surface area contributed by atoms with E-state index in [0.29, 0.717) is 22.4 Å². The van der Waals surface area contributed by atoms with Gasteiger partial charge in [-0.2, -0.15) is 5.10 Å². The fraction of sp³-hybridized carbons (Fsp3) is 0.136. The molecule has 1 N–H and O–H groups in total. The van der Waals surface area contributed by atoms with Crippen molar-refractivity contribution in [2.24, 2.45) is 0 Å². The van der Waals surface area contributed by atoms with Crippen LogP contribution in [0.4, 0.5) is 16.5 Å². The van der Waals surface area contributed by atoms with E-state index < -0.39 is 0 Å². The zero-order valence-electron chi connectivity index (χ0n) is 16.5. The highest BCUT2D eigenvalue weighted by molar-refractivity contribution is 7.14. The molecule has 1 amide bonds. The SMILES string of the molecule is CC(=O)N(c1cccc(Cl)c1)c1nc(CNc2cc(-n3cccn3)ccc2C)cs1. The lowest BCUT2D eigenvalue weighted by Gasteiger charge is -2.18. The van der Waals surface area contributed by atoms with Gasteiger partial charge in [0.15, 0.2) is 5.13 Å². The van der Waals surface area contributed by atoms with Gasteiger partial charge in [0.25, 0.3) is 0 Å². The van der Waals surface area contributed by atoms with Crippen LogP contribution in [0.3, 0.4) is 0 Å². The Labute approximate surface area is 183 Å². The largest absolute Gasteiger partial charge is 0.379 e. The number of thiazole rings is 1. The van der Waals surface area contributed by atoms with Crippen molar-refractivity contribution in [3.8, 4) is 5.69 Å². The first-order valence-corrected chi connectivity index (χ1v) is 10.6. The molecular weight excluding hydrogens is 418 g/mol. The Morgan fingerprint density at radius 2 is 2.10 bits per heavy atom. The third-order valence-corrected chi connectivity index (χ3v) is 5.67. The number of nitrogens with zero attached hydrogens (tertiary/aromatic N) is 4. The zero-order valence-corrected chi connectivity index (χ0v) is 18.1. The summed E-state index contributed by atoms with van der Waals surface area (Å²) in [6, 6.07) is 15.2. The van der Waals surface area contributed by atoms with Crippen molar-refractivity contribution in [1.29, 1.82) is 0 Å². The van der Waals surface area contributed by atoms with Gasteiger partial charge in [-0.05, 0) is 48.9 Å². The number of hydrogen-bond donors (Lipinski definition) is 1. The predicted molar refractivity (Wildman–Crippen MR) is 122 cm³/mol. The molecule has 30 heavy (non-hydrogen) atoms. The fourth-order valence-corrected chi connectivity index (χ4v) is 4.14. The van der Waals surface area contributed by atoms with Gasteiger partial charge in [0.2, 0.25) is 5.91 Å². The third-order valence-electron chi connectivity index (χ3n) is 4.56. The number of rotatable bonds is 6. The lowest BCUT2D eigenvalue weighted by Crippen LogP contribution is -2.22. The van der Waals surface area contributed by atoms with Crippen LogP contribution < -0.4 is 10.2 Å². The molecule has 0 bridgehead atoms. The topological polar surface area (TPSA) is 63.1 Å². The molecule has 0 spiro atoms. The highest BCUT2D eigenvalue weighted by atomic mass is 35.5. The fourth-order valence-electron chi connectivity index (χ4n) is 3.07. The van der Waals surface area contributed by atoms with Gasteiger partial charge in [-0.25, -0.2) is 9.67 Å². The van der Waals surface area contributed by atoms with E-state index in [4.69, 9.17) is 11.6 Å². The molecule has 2 aromatic heterocycles. The quantitative estimate of drug-likeness (QED) is 0.427. The molecular formula is C22H20ClN5OS. The van der Waals surface area contributed by atoms with E-state index in [2.05, 4.69) is 34.5 Å². The number of aromatic nitrogens is 3. The number of benzene rings is 2. The van der Waals surface area contributed by atoms with Crippen molar-refractivity contribution in [3.63, 3.8) is 0 Å². The standard InChI is InChI=1S/C22H20ClN5OS/c1-15-7-8-19(27-10-4-9-25-27)12-21(15)24-13-18-14-30-22(26-18)28(16(2)29)20-6-3-5-17(23)11-20/h3-12,14,24H,13H2,1-2H3. The number of amides is 1. The van der Waals surface area contributed by atoms with Crippen LogP contribution in [0.1, 0.15) is 18.2 Å². The summed E-state index contributed by atoms with van der Waals surface area (Å²) in [5.74, 6) is -0.117. The Bertz CT molecular complexity index is 1170. The molecule has 4 aromatic rings. The minimum absolute atomic E-state index is 0.117. The van der Waals surface area contributed by atoms with Crippen LogP contribution in [0.25, 0.3) is 5.69 Å². The van der Waals surface area contributed by atoms with Crippen LogP contribution in [-0.4, -0.2) is 20.7 Å². The summed E-state index contributed by atoms with van der Waals surface area (Å²) in [4.78, 5) is 18.5. The van der Waals surface area contributed by atoms with E-state index in [1.54, 1.807) is 23.2 Å². The molecule has 0 aliphatic heterocycles. The maximum atomic E-state index is 12.3. The van der Waals surface area contributed by atoms with E-state index in [0.717, 1.165) is 22.6 Å². The van der Waals surface area contributed by atoms with E-state index in [1.165, 1.54) is 18.3 Å². The molecule has 6 nitrogen and oxygen atoms in total. The van der Waals surface area contributed by atoms with Crippen molar-refractivity contribution in [2.45, 2.75) is 20.4 Å². The Morgan fingerprint density at radius 1 is 1.23 bits per heavy atom. The Hall–Kier alpha value is -3.16. The molecule has 4 rings (SSSR count). The van der Waals surface area contributed by atoms with Gasteiger partial charge >= 0.3 is 0 Å². The van der Waals surface area contributed by atoms with Gasteiger partial charge in [0.05, 0.1) is 23.6 Å². The molecule has 8 heteroatoms. The molecule has 0 unspecified atom stereocenters. The summed E-state index contributed by atoms with van der Waals surface area (Å²) >= 11 is 7.52. The maximum Gasteiger partial charge on any atom is 0.230 e. The first-order valence-electron chi connectivity index (χ1n) is 9.36. The van der Waals surface area contributed by atoms with Gasteiger partial charge < -0.3 is 5.32 Å². The number of nitrogens with one attached hydrogen (secondary N) is 1. The van der Waals surface area contributed by atoms with Crippen LogP contribution in [0, 0.1) is 6.92 Å². The Balaban J connectivity index is 1.52. The number of halogens is 1. The number of hydrogen-bond acceptors (Lipinski definition) is 5. The summed E-state index contributed by atoms with van der Waals surface area (Å²) < 4.78 is 1.82. The van der Waals surface area contributed by atoms with Crippen molar-refractivity contribution >= 4 is 45.4 Å².